The summed E-state index contributed by atoms with van der Waals surface area (Å²) in [6, 6.07) is 6.62. The molecule has 2 heterocycles. The van der Waals surface area contributed by atoms with Gasteiger partial charge in [-0.3, -0.25) is 0 Å². The number of aryl methyl sites for hydroxylation is 1. The Hall–Kier alpha value is -2.76. The Morgan fingerprint density at radius 1 is 1.13 bits per heavy atom. The number of nitrogens with one attached hydrogen (secondary N) is 1. The van der Waals surface area contributed by atoms with E-state index < -0.39 is 0 Å². The number of fused-ring (bicyclic) bond motifs is 3. The third-order valence-corrected chi connectivity index (χ3v) is 4.47. The van der Waals surface area contributed by atoms with E-state index >= 15 is 0 Å². The summed E-state index contributed by atoms with van der Waals surface area (Å²) >= 11 is 0. The van der Waals surface area contributed by atoms with Crippen molar-refractivity contribution < 1.29 is 23.9 Å². The molecule has 2 aliphatic rings. The molecule has 2 aromatic rings. The van der Waals surface area contributed by atoms with Crippen LogP contribution >= 0.6 is 0 Å². The Balaban J connectivity index is 1.80. The summed E-state index contributed by atoms with van der Waals surface area (Å²) in [4.78, 5) is 29.9. The van der Waals surface area contributed by atoms with Crippen molar-refractivity contribution in [2.75, 3.05) is 12.0 Å². The summed E-state index contributed by atoms with van der Waals surface area (Å²) in [6.07, 6.45) is 5.52. The number of rotatable bonds is 2. The zero-order chi connectivity index (χ0) is 16.0. The average Bonchev–Trinajstić information content (AvgIpc) is 2.86. The molecule has 4 rings (SSSR count). The molecule has 0 fully saturated rings. The first-order valence-corrected chi connectivity index (χ1v) is 7.72. The standard InChI is InChI=1S/C17H16N3O3/c1-23-12-8-6-11(7-9-12)19-16(21)15-10-18-13-4-2-3-5-14(13)20(15)17(19)22/h6-10H,2-5H2,1H3/q+1/p+1. The third kappa shape index (κ3) is 2.02. The molecule has 0 saturated heterocycles. The second-order valence-electron chi connectivity index (χ2n) is 5.76. The first-order chi connectivity index (χ1) is 11.2. The molecule has 116 valence electrons. The number of methoxy groups -OCH3 is 1. The average molecular weight is 311 g/mol. The van der Waals surface area contributed by atoms with Crippen molar-refractivity contribution in [3.63, 3.8) is 0 Å². The van der Waals surface area contributed by atoms with Gasteiger partial charge in [0, 0.05) is 12.8 Å². The summed E-state index contributed by atoms with van der Waals surface area (Å²) in [5, 5.41) is 0. The predicted molar refractivity (Wildman–Crippen MR) is 80.4 cm³/mol. The van der Waals surface area contributed by atoms with Gasteiger partial charge in [-0.05, 0) is 37.1 Å². The molecule has 0 bridgehead atoms. The van der Waals surface area contributed by atoms with Crippen molar-refractivity contribution in [3.05, 3.63) is 47.5 Å². The summed E-state index contributed by atoms with van der Waals surface area (Å²) in [5.41, 5.74) is 2.93. The number of aromatic amines is 1. The van der Waals surface area contributed by atoms with Crippen LogP contribution in [0.4, 0.5) is 10.5 Å². The third-order valence-electron chi connectivity index (χ3n) is 4.47. The number of carbonyl (C=O) groups is 2. The second kappa shape index (κ2) is 5.15. The molecule has 0 spiro atoms. The van der Waals surface area contributed by atoms with Gasteiger partial charge in [0.05, 0.1) is 7.11 Å². The van der Waals surface area contributed by atoms with Crippen LogP contribution in [0.5, 0.6) is 5.75 Å². The molecule has 0 atom stereocenters. The second-order valence-corrected chi connectivity index (χ2v) is 5.76. The lowest BCUT2D eigenvalue weighted by atomic mass is 10.00. The number of hydrogen-bond donors (Lipinski definition) is 0. The van der Waals surface area contributed by atoms with Crippen LogP contribution in [0.25, 0.3) is 0 Å². The largest absolute Gasteiger partial charge is 0.512 e. The fourth-order valence-corrected chi connectivity index (χ4v) is 3.29. The fourth-order valence-electron chi connectivity index (χ4n) is 3.29. The highest BCUT2D eigenvalue weighted by Crippen LogP contribution is 2.24. The molecule has 2 amide bonds. The van der Waals surface area contributed by atoms with E-state index in [1.807, 2.05) is 0 Å². The highest BCUT2D eigenvalue weighted by atomic mass is 16.5. The van der Waals surface area contributed by atoms with E-state index in [0.29, 0.717) is 17.1 Å². The molecule has 23 heavy (non-hydrogen) atoms. The normalized spacial score (nSPS) is 16.3. The molecule has 1 aromatic heterocycles. The van der Waals surface area contributed by atoms with Crippen LogP contribution in [0.2, 0.25) is 0 Å². The molecule has 0 unspecified atom stereocenters. The van der Waals surface area contributed by atoms with Crippen LogP contribution in [0, 0.1) is 0 Å². The smallest absolute Gasteiger partial charge is 0.497 e. The summed E-state index contributed by atoms with van der Waals surface area (Å²) in [7, 11) is 1.58. The Kier molecular flexibility index (Phi) is 3.11. The molecule has 1 aromatic carbocycles. The number of carbonyl (C=O) groups excluding carboxylic acids is 2. The summed E-state index contributed by atoms with van der Waals surface area (Å²) < 4.78 is 6.69. The van der Waals surface area contributed by atoms with Gasteiger partial charge in [0.2, 0.25) is 11.9 Å². The maximum atomic E-state index is 12.9. The first-order valence-electron chi connectivity index (χ1n) is 7.72. The van der Waals surface area contributed by atoms with Crippen LogP contribution in [-0.4, -0.2) is 19.0 Å². The minimum atomic E-state index is -0.303. The fraction of sp³-hybridized carbons (Fsp3) is 0.294. The Labute approximate surface area is 133 Å². The molecular weight excluding hydrogens is 294 g/mol. The van der Waals surface area contributed by atoms with Crippen LogP contribution in [0.3, 0.4) is 0 Å². The van der Waals surface area contributed by atoms with Crippen molar-refractivity contribution >= 4 is 17.6 Å². The highest BCUT2D eigenvalue weighted by Gasteiger charge is 2.51. The van der Waals surface area contributed by atoms with Crippen LogP contribution in [0.1, 0.15) is 34.7 Å². The monoisotopic (exact) mass is 311 g/mol. The van der Waals surface area contributed by atoms with E-state index in [4.69, 9.17) is 4.74 Å². The molecular formula is C17H17N3O3+2. The van der Waals surface area contributed by atoms with Gasteiger partial charge in [0.15, 0.2) is 5.69 Å². The molecule has 0 radical (unpaired) electrons. The molecule has 1 aliphatic heterocycles. The molecule has 1 N–H and O–H groups in total. The highest BCUT2D eigenvalue weighted by molar-refractivity contribution is 6.20. The minimum Gasteiger partial charge on any atom is -0.497 e. The molecule has 0 saturated carbocycles. The van der Waals surface area contributed by atoms with Gasteiger partial charge in [-0.1, -0.05) is 0 Å². The van der Waals surface area contributed by atoms with Gasteiger partial charge in [0.1, 0.15) is 11.4 Å². The predicted octanol–water partition coefficient (Wildman–Crippen LogP) is 1.30. The maximum absolute atomic E-state index is 12.9. The van der Waals surface area contributed by atoms with Crippen LogP contribution in [0.15, 0.2) is 30.5 Å². The quantitative estimate of drug-likeness (QED) is 0.785. The van der Waals surface area contributed by atoms with Crippen molar-refractivity contribution in [3.8, 4) is 5.75 Å². The number of ether oxygens (including phenoxy) is 1. The van der Waals surface area contributed by atoms with E-state index in [2.05, 4.69) is 4.98 Å². The Morgan fingerprint density at radius 3 is 2.61 bits per heavy atom. The van der Waals surface area contributed by atoms with Gasteiger partial charge >= 0.3 is 11.9 Å². The lowest BCUT2D eigenvalue weighted by molar-refractivity contribution is -0.596. The van der Waals surface area contributed by atoms with Gasteiger partial charge < -0.3 is 4.74 Å². The Bertz CT molecular complexity index is 815. The van der Waals surface area contributed by atoms with Crippen molar-refractivity contribution in [2.45, 2.75) is 25.7 Å². The van der Waals surface area contributed by atoms with E-state index in [1.54, 1.807) is 42.1 Å². The van der Waals surface area contributed by atoms with Gasteiger partial charge in [-0.15, -0.1) is 9.47 Å². The number of anilines is 1. The van der Waals surface area contributed by atoms with Crippen LogP contribution in [-0.2, 0) is 12.8 Å². The summed E-state index contributed by atoms with van der Waals surface area (Å²) in [6.45, 7) is 0. The zero-order valence-electron chi connectivity index (χ0n) is 12.8. The lowest BCUT2D eigenvalue weighted by Gasteiger charge is -2.09. The van der Waals surface area contributed by atoms with E-state index in [1.165, 1.54) is 4.90 Å². The molecule has 6 heteroatoms. The van der Waals surface area contributed by atoms with E-state index in [9.17, 15) is 9.59 Å². The number of amides is 2. The number of nitrogens with zero attached hydrogens (tertiary/aromatic N) is 2. The van der Waals surface area contributed by atoms with E-state index in [-0.39, 0.29) is 11.9 Å². The maximum Gasteiger partial charge on any atom is 0.512 e. The van der Waals surface area contributed by atoms with Gasteiger partial charge in [-0.2, -0.15) is 4.79 Å². The van der Waals surface area contributed by atoms with Crippen molar-refractivity contribution in [2.24, 2.45) is 0 Å². The SMILES string of the molecule is COc1ccc(N2C(=O)c3c[nH+]c4c([n+]3C2=O)CCCC4)cc1. The van der Waals surface area contributed by atoms with Gasteiger partial charge in [-0.25, -0.2) is 9.78 Å². The number of aromatic nitrogens is 2. The molecule has 1 aliphatic carbocycles. The van der Waals surface area contributed by atoms with Gasteiger partial charge in [0.25, 0.3) is 5.69 Å². The first kappa shape index (κ1) is 13.9. The van der Waals surface area contributed by atoms with Crippen molar-refractivity contribution in [1.29, 1.82) is 0 Å². The minimum absolute atomic E-state index is 0.301. The summed E-state index contributed by atoms with van der Waals surface area (Å²) in [5.74, 6) is 0.383. The number of hydrogen-bond acceptors (Lipinski definition) is 3. The Morgan fingerprint density at radius 2 is 1.87 bits per heavy atom. The van der Waals surface area contributed by atoms with Crippen LogP contribution < -0.4 is 19.2 Å². The molecule has 6 nitrogen and oxygen atoms in total. The lowest BCUT2D eigenvalue weighted by Crippen LogP contribution is -2.52. The zero-order valence-corrected chi connectivity index (χ0v) is 12.8. The topological polar surface area (TPSA) is 64.6 Å². The van der Waals surface area contributed by atoms with Crippen molar-refractivity contribution in [1.82, 2.24) is 0 Å². The van der Waals surface area contributed by atoms with E-state index in [0.717, 1.165) is 37.1 Å². The number of benzene rings is 1. The number of H-pyrrole nitrogens is 1. The number of imide groups is 1.